The van der Waals surface area contributed by atoms with E-state index in [0.717, 1.165) is 41.9 Å². The molecule has 3 rings (SSSR count). The summed E-state index contributed by atoms with van der Waals surface area (Å²) in [5, 5.41) is 4.05. The first-order valence-corrected chi connectivity index (χ1v) is 7.61. The van der Waals surface area contributed by atoms with Gasteiger partial charge in [0, 0.05) is 11.0 Å². The van der Waals surface area contributed by atoms with Gasteiger partial charge >= 0.3 is 0 Å². The molecule has 0 unspecified atom stereocenters. The van der Waals surface area contributed by atoms with Gasteiger partial charge in [-0.2, -0.15) is 0 Å². The summed E-state index contributed by atoms with van der Waals surface area (Å²) in [5.74, 6) is 2.19. The molecule has 4 nitrogen and oxygen atoms in total. The lowest BCUT2D eigenvalue weighted by atomic mass is 9.78. The Morgan fingerprint density at radius 3 is 2.67 bits per heavy atom. The number of methoxy groups -OCH3 is 1. The number of nitrogen functional groups attached to an aromatic ring is 1. The molecular weight excluding hydrogens is 264 g/mol. The van der Waals surface area contributed by atoms with Crippen molar-refractivity contribution in [3.05, 3.63) is 30.0 Å². The lowest BCUT2D eigenvalue weighted by molar-refractivity contribution is 0.284. The van der Waals surface area contributed by atoms with Crippen LogP contribution >= 0.6 is 0 Å². The molecule has 2 N–H and O–H groups in total. The summed E-state index contributed by atoms with van der Waals surface area (Å²) in [4.78, 5) is 0. The fourth-order valence-corrected chi connectivity index (χ4v) is 3.57. The van der Waals surface area contributed by atoms with Crippen molar-refractivity contribution in [3.63, 3.8) is 0 Å². The van der Waals surface area contributed by atoms with Crippen LogP contribution in [-0.4, -0.2) is 12.3 Å². The summed E-state index contributed by atoms with van der Waals surface area (Å²) in [5.41, 5.74) is 8.07. The first-order valence-electron chi connectivity index (χ1n) is 7.61. The number of anilines is 1. The van der Waals surface area contributed by atoms with E-state index in [1.165, 1.54) is 12.8 Å². The standard InChI is InChI=1S/C17H22N2O2/c1-3-17(10-6-7-11-17)15-14(16(18)19-21-15)12-8-4-5-9-13(12)20-2/h4-5,8-9H,3,6-7,10-11H2,1-2H3,(H2,18,19). The van der Waals surface area contributed by atoms with Crippen molar-refractivity contribution in [3.8, 4) is 16.9 Å². The van der Waals surface area contributed by atoms with Gasteiger partial charge in [-0.3, -0.25) is 0 Å². The predicted octanol–water partition coefficient (Wildman–Crippen LogP) is 4.15. The second kappa shape index (κ2) is 5.43. The molecule has 1 aliphatic rings. The molecule has 1 saturated carbocycles. The maximum Gasteiger partial charge on any atom is 0.175 e. The van der Waals surface area contributed by atoms with Crippen LogP contribution in [0.15, 0.2) is 28.8 Å². The molecule has 1 aliphatic carbocycles. The van der Waals surface area contributed by atoms with E-state index in [-0.39, 0.29) is 5.41 Å². The van der Waals surface area contributed by atoms with E-state index in [2.05, 4.69) is 12.1 Å². The molecule has 0 bridgehead atoms. The highest BCUT2D eigenvalue weighted by atomic mass is 16.5. The Labute approximate surface area is 125 Å². The third kappa shape index (κ3) is 2.19. The second-order valence-corrected chi connectivity index (χ2v) is 5.81. The molecule has 0 amide bonds. The molecule has 112 valence electrons. The summed E-state index contributed by atoms with van der Waals surface area (Å²) in [6, 6.07) is 7.90. The van der Waals surface area contributed by atoms with Gasteiger partial charge in [0.25, 0.3) is 0 Å². The van der Waals surface area contributed by atoms with Crippen LogP contribution in [0.3, 0.4) is 0 Å². The van der Waals surface area contributed by atoms with Crippen molar-refractivity contribution < 1.29 is 9.26 Å². The summed E-state index contributed by atoms with van der Waals surface area (Å²) in [7, 11) is 1.67. The fraction of sp³-hybridized carbons (Fsp3) is 0.471. The van der Waals surface area contributed by atoms with Crippen molar-refractivity contribution >= 4 is 5.82 Å². The van der Waals surface area contributed by atoms with Crippen molar-refractivity contribution in [1.29, 1.82) is 0 Å². The Morgan fingerprint density at radius 2 is 2.00 bits per heavy atom. The maximum absolute atomic E-state index is 6.12. The highest BCUT2D eigenvalue weighted by molar-refractivity contribution is 5.80. The van der Waals surface area contributed by atoms with Gasteiger partial charge in [0.2, 0.25) is 0 Å². The molecule has 0 atom stereocenters. The summed E-state index contributed by atoms with van der Waals surface area (Å²) >= 11 is 0. The zero-order valence-electron chi connectivity index (χ0n) is 12.7. The topological polar surface area (TPSA) is 61.3 Å². The number of aromatic nitrogens is 1. The largest absolute Gasteiger partial charge is 0.496 e. The van der Waals surface area contributed by atoms with Crippen LogP contribution in [0.1, 0.15) is 44.8 Å². The Balaban J connectivity index is 2.18. The van der Waals surface area contributed by atoms with Gasteiger partial charge < -0.3 is 15.0 Å². The third-order valence-corrected chi connectivity index (χ3v) is 4.81. The molecule has 0 spiro atoms. The summed E-state index contributed by atoms with van der Waals surface area (Å²) in [6.45, 7) is 2.22. The van der Waals surface area contributed by atoms with Crippen LogP contribution in [0.2, 0.25) is 0 Å². The minimum atomic E-state index is 0.0702. The van der Waals surface area contributed by atoms with Crippen LogP contribution in [0.4, 0.5) is 5.82 Å². The molecule has 0 saturated heterocycles. The van der Waals surface area contributed by atoms with Gasteiger partial charge in [0.15, 0.2) is 11.6 Å². The number of benzene rings is 1. The van der Waals surface area contributed by atoms with E-state index in [1.54, 1.807) is 7.11 Å². The third-order valence-electron chi connectivity index (χ3n) is 4.81. The molecule has 1 aromatic heterocycles. The minimum Gasteiger partial charge on any atom is -0.496 e. The Morgan fingerprint density at radius 1 is 1.29 bits per heavy atom. The number of hydrogen-bond donors (Lipinski definition) is 1. The number of para-hydroxylation sites is 1. The van der Waals surface area contributed by atoms with Crippen molar-refractivity contribution in [2.75, 3.05) is 12.8 Å². The van der Waals surface area contributed by atoms with E-state index in [9.17, 15) is 0 Å². The Kier molecular flexibility index (Phi) is 3.62. The molecule has 21 heavy (non-hydrogen) atoms. The minimum absolute atomic E-state index is 0.0702. The van der Waals surface area contributed by atoms with E-state index in [1.807, 2.05) is 24.3 Å². The van der Waals surface area contributed by atoms with E-state index >= 15 is 0 Å². The van der Waals surface area contributed by atoms with Crippen LogP contribution in [-0.2, 0) is 5.41 Å². The number of nitrogens with zero attached hydrogens (tertiary/aromatic N) is 1. The van der Waals surface area contributed by atoms with Crippen LogP contribution in [0.5, 0.6) is 5.75 Å². The Bertz CT molecular complexity index is 627. The maximum atomic E-state index is 6.12. The second-order valence-electron chi connectivity index (χ2n) is 5.81. The number of rotatable bonds is 4. The lowest BCUT2D eigenvalue weighted by Gasteiger charge is -2.25. The number of nitrogens with two attached hydrogens (primary N) is 1. The van der Waals surface area contributed by atoms with Gasteiger partial charge in [-0.15, -0.1) is 0 Å². The highest BCUT2D eigenvalue weighted by Crippen LogP contribution is 2.49. The van der Waals surface area contributed by atoms with Crippen molar-refractivity contribution in [2.24, 2.45) is 0 Å². The van der Waals surface area contributed by atoms with Gasteiger partial charge in [0.05, 0.1) is 12.7 Å². The lowest BCUT2D eigenvalue weighted by Crippen LogP contribution is -2.21. The summed E-state index contributed by atoms with van der Waals surface area (Å²) in [6.07, 6.45) is 5.80. The van der Waals surface area contributed by atoms with Crippen molar-refractivity contribution in [2.45, 2.75) is 44.4 Å². The summed E-state index contributed by atoms with van der Waals surface area (Å²) < 4.78 is 11.2. The van der Waals surface area contributed by atoms with Crippen LogP contribution in [0.25, 0.3) is 11.1 Å². The van der Waals surface area contributed by atoms with Gasteiger partial charge in [-0.25, -0.2) is 0 Å². The smallest absolute Gasteiger partial charge is 0.175 e. The molecule has 1 aromatic carbocycles. The average Bonchev–Trinajstić information content (AvgIpc) is 3.14. The van der Waals surface area contributed by atoms with E-state index in [0.29, 0.717) is 5.82 Å². The first kappa shape index (κ1) is 14.0. The molecule has 1 heterocycles. The zero-order valence-corrected chi connectivity index (χ0v) is 12.7. The first-order chi connectivity index (χ1) is 10.2. The normalized spacial score (nSPS) is 17.0. The monoisotopic (exact) mass is 286 g/mol. The average molecular weight is 286 g/mol. The molecular formula is C17H22N2O2. The zero-order chi connectivity index (χ0) is 14.9. The van der Waals surface area contributed by atoms with Gasteiger partial charge in [-0.1, -0.05) is 43.1 Å². The van der Waals surface area contributed by atoms with Gasteiger partial charge in [-0.05, 0) is 25.3 Å². The molecule has 2 aromatic rings. The Hall–Kier alpha value is -1.97. The predicted molar refractivity (Wildman–Crippen MR) is 83.3 cm³/mol. The molecule has 0 aliphatic heterocycles. The highest BCUT2D eigenvalue weighted by Gasteiger charge is 2.40. The van der Waals surface area contributed by atoms with Crippen LogP contribution in [0, 0.1) is 0 Å². The van der Waals surface area contributed by atoms with Crippen LogP contribution < -0.4 is 10.5 Å². The van der Waals surface area contributed by atoms with Gasteiger partial charge in [0.1, 0.15) is 5.75 Å². The fourth-order valence-electron chi connectivity index (χ4n) is 3.57. The molecule has 1 fully saturated rings. The van der Waals surface area contributed by atoms with Crippen molar-refractivity contribution in [1.82, 2.24) is 5.16 Å². The molecule has 0 radical (unpaired) electrons. The SMILES string of the molecule is CCC1(c2onc(N)c2-c2ccccc2OC)CCCC1. The molecule has 4 heteroatoms. The number of ether oxygens (including phenoxy) is 1. The van der Waals surface area contributed by atoms with E-state index < -0.39 is 0 Å². The van der Waals surface area contributed by atoms with E-state index in [4.69, 9.17) is 15.0 Å². The number of hydrogen-bond acceptors (Lipinski definition) is 4. The quantitative estimate of drug-likeness (QED) is 0.917.